The first-order valence-electron chi connectivity index (χ1n) is 7.24. The molecule has 0 aromatic carbocycles. The van der Waals surface area contributed by atoms with E-state index in [-0.39, 0.29) is 0 Å². The van der Waals surface area contributed by atoms with Gasteiger partial charge in [-0.1, -0.05) is 0 Å². The third-order valence-corrected chi connectivity index (χ3v) is 3.45. The van der Waals surface area contributed by atoms with E-state index >= 15 is 0 Å². The van der Waals surface area contributed by atoms with Crippen molar-refractivity contribution in [2.24, 2.45) is 0 Å². The highest BCUT2D eigenvalue weighted by molar-refractivity contribution is 5.59. The molecule has 0 saturated carbocycles. The minimum atomic E-state index is 0.521. The number of aromatic nitrogens is 1. The molecule has 1 aromatic rings. The summed E-state index contributed by atoms with van der Waals surface area (Å²) in [6, 6.07) is 5.22. The monoisotopic (exact) mass is 274 g/mol. The summed E-state index contributed by atoms with van der Waals surface area (Å²) >= 11 is 0. The molecular weight excluding hydrogens is 248 g/mol. The number of hydrogen-bond acceptors (Lipinski definition) is 4. The van der Waals surface area contributed by atoms with Gasteiger partial charge in [-0.3, -0.25) is 9.88 Å². The van der Waals surface area contributed by atoms with Crippen LogP contribution in [0.15, 0.2) is 6.07 Å². The highest BCUT2D eigenvalue weighted by Gasteiger charge is 2.13. The minimum absolute atomic E-state index is 0.521. The van der Waals surface area contributed by atoms with Gasteiger partial charge in [0.1, 0.15) is 6.07 Å². The van der Waals surface area contributed by atoms with E-state index in [1.54, 1.807) is 0 Å². The van der Waals surface area contributed by atoms with Crippen LogP contribution in [-0.4, -0.2) is 35.1 Å². The van der Waals surface area contributed by atoms with Gasteiger partial charge in [0.25, 0.3) is 0 Å². The van der Waals surface area contributed by atoms with Gasteiger partial charge in [0.15, 0.2) is 0 Å². The van der Waals surface area contributed by atoms with Gasteiger partial charge in [-0.05, 0) is 47.6 Å². The Morgan fingerprint density at radius 2 is 1.85 bits per heavy atom. The fourth-order valence-corrected chi connectivity index (χ4v) is 2.54. The number of aryl methyl sites for hydroxylation is 2. The van der Waals surface area contributed by atoms with Gasteiger partial charge >= 0.3 is 0 Å². The third-order valence-electron chi connectivity index (χ3n) is 3.45. The van der Waals surface area contributed by atoms with Crippen LogP contribution in [0.25, 0.3) is 0 Å². The fraction of sp³-hybridized carbons (Fsp3) is 0.625. The van der Waals surface area contributed by atoms with Crippen molar-refractivity contribution < 1.29 is 0 Å². The lowest BCUT2D eigenvalue weighted by molar-refractivity contribution is 0.182. The molecule has 0 saturated heterocycles. The van der Waals surface area contributed by atoms with Crippen LogP contribution in [0.1, 0.15) is 44.6 Å². The maximum Gasteiger partial charge on any atom is 0.103 e. The molecule has 0 spiro atoms. The zero-order valence-corrected chi connectivity index (χ0v) is 13.5. The SMILES string of the molecule is Cc1cc(NCCN(C(C)C)C(C)C)c(C#N)c(C)n1. The van der Waals surface area contributed by atoms with Crippen molar-refractivity contribution in [3.63, 3.8) is 0 Å². The molecule has 0 unspecified atom stereocenters. The van der Waals surface area contributed by atoms with Crippen LogP contribution in [0, 0.1) is 25.2 Å². The number of nitriles is 1. The molecule has 110 valence electrons. The van der Waals surface area contributed by atoms with Gasteiger partial charge in [-0.2, -0.15) is 5.26 Å². The summed E-state index contributed by atoms with van der Waals surface area (Å²) in [4.78, 5) is 6.76. The summed E-state index contributed by atoms with van der Waals surface area (Å²) in [5.74, 6) is 0. The largest absolute Gasteiger partial charge is 0.383 e. The normalized spacial score (nSPS) is 11.2. The zero-order chi connectivity index (χ0) is 15.3. The summed E-state index contributed by atoms with van der Waals surface area (Å²) < 4.78 is 0. The molecule has 0 aliphatic carbocycles. The Labute approximate surface area is 122 Å². The summed E-state index contributed by atoms with van der Waals surface area (Å²) in [5.41, 5.74) is 3.27. The number of anilines is 1. The lowest BCUT2D eigenvalue weighted by Gasteiger charge is -2.30. The minimum Gasteiger partial charge on any atom is -0.383 e. The van der Waals surface area contributed by atoms with Crippen LogP contribution in [0.3, 0.4) is 0 Å². The zero-order valence-electron chi connectivity index (χ0n) is 13.5. The summed E-state index contributed by atoms with van der Waals surface area (Å²) in [6.45, 7) is 14.5. The van der Waals surface area contributed by atoms with Crippen molar-refractivity contribution in [2.75, 3.05) is 18.4 Å². The lowest BCUT2D eigenvalue weighted by Crippen LogP contribution is -2.40. The quantitative estimate of drug-likeness (QED) is 0.866. The molecule has 0 amide bonds. The van der Waals surface area contributed by atoms with Gasteiger partial charge in [-0.15, -0.1) is 0 Å². The number of nitrogens with one attached hydrogen (secondary N) is 1. The van der Waals surface area contributed by atoms with Crippen molar-refractivity contribution >= 4 is 5.69 Å². The van der Waals surface area contributed by atoms with Gasteiger partial charge in [0.05, 0.1) is 16.9 Å². The molecule has 0 atom stereocenters. The molecule has 4 nitrogen and oxygen atoms in total. The number of nitrogens with zero attached hydrogens (tertiary/aromatic N) is 3. The molecule has 0 radical (unpaired) electrons. The molecule has 1 rings (SSSR count). The molecule has 1 aromatic heterocycles. The van der Waals surface area contributed by atoms with Gasteiger partial charge in [-0.25, -0.2) is 0 Å². The fourth-order valence-electron chi connectivity index (χ4n) is 2.54. The second kappa shape index (κ2) is 7.25. The molecule has 0 bridgehead atoms. The highest BCUT2D eigenvalue weighted by Crippen LogP contribution is 2.18. The van der Waals surface area contributed by atoms with Crippen molar-refractivity contribution in [3.05, 3.63) is 23.0 Å². The molecule has 1 N–H and O–H groups in total. The van der Waals surface area contributed by atoms with E-state index in [0.717, 1.165) is 30.2 Å². The second-order valence-electron chi connectivity index (χ2n) is 5.74. The van der Waals surface area contributed by atoms with Crippen molar-refractivity contribution in [2.45, 2.75) is 53.6 Å². The number of hydrogen-bond donors (Lipinski definition) is 1. The molecule has 4 heteroatoms. The predicted octanol–water partition coefficient (Wildman–Crippen LogP) is 3.10. The Hall–Kier alpha value is -1.60. The van der Waals surface area contributed by atoms with Gasteiger partial charge in [0, 0.05) is 30.9 Å². The Morgan fingerprint density at radius 1 is 1.25 bits per heavy atom. The molecule has 0 fully saturated rings. The first-order valence-corrected chi connectivity index (χ1v) is 7.24. The van der Waals surface area contributed by atoms with Crippen LogP contribution in [0.2, 0.25) is 0 Å². The van der Waals surface area contributed by atoms with E-state index in [9.17, 15) is 5.26 Å². The highest BCUT2D eigenvalue weighted by atomic mass is 15.2. The van der Waals surface area contributed by atoms with E-state index in [1.165, 1.54) is 0 Å². The van der Waals surface area contributed by atoms with Crippen molar-refractivity contribution in [1.29, 1.82) is 5.26 Å². The van der Waals surface area contributed by atoms with Crippen LogP contribution in [0.4, 0.5) is 5.69 Å². The molecule has 20 heavy (non-hydrogen) atoms. The maximum atomic E-state index is 9.23. The van der Waals surface area contributed by atoms with Gasteiger partial charge in [0.2, 0.25) is 0 Å². The van der Waals surface area contributed by atoms with E-state index in [1.807, 2.05) is 19.9 Å². The standard InChI is InChI=1S/C16H26N4/c1-11(2)20(12(3)4)8-7-18-16-9-13(5)19-14(6)15(16)10-17/h9,11-12H,7-8H2,1-6H3,(H,18,19). The van der Waals surface area contributed by atoms with Crippen LogP contribution in [-0.2, 0) is 0 Å². The summed E-state index contributed by atoms with van der Waals surface area (Å²) in [7, 11) is 0. The number of pyridine rings is 1. The topological polar surface area (TPSA) is 52.0 Å². The number of rotatable bonds is 6. The van der Waals surface area contributed by atoms with Crippen LogP contribution < -0.4 is 5.32 Å². The Balaban J connectivity index is 2.74. The Kier molecular flexibility index (Phi) is 5.97. The van der Waals surface area contributed by atoms with Crippen molar-refractivity contribution in [3.8, 4) is 6.07 Å². The summed E-state index contributed by atoms with van der Waals surface area (Å²) in [5, 5.41) is 12.6. The van der Waals surface area contributed by atoms with E-state index in [2.05, 4.69) is 49.0 Å². The van der Waals surface area contributed by atoms with E-state index < -0.39 is 0 Å². The molecular formula is C16H26N4. The van der Waals surface area contributed by atoms with Crippen LogP contribution >= 0.6 is 0 Å². The van der Waals surface area contributed by atoms with Crippen LogP contribution in [0.5, 0.6) is 0 Å². The molecule has 1 heterocycles. The summed E-state index contributed by atoms with van der Waals surface area (Å²) in [6.07, 6.45) is 0. The first kappa shape index (κ1) is 16.5. The van der Waals surface area contributed by atoms with Gasteiger partial charge < -0.3 is 5.32 Å². The predicted molar refractivity (Wildman–Crippen MR) is 83.9 cm³/mol. The first-order chi connectivity index (χ1) is 9.36. The smallest absolute Gasteiger partial charge is 0.103 e. The van der Waals surface area contributed by atoms with E-state index in [4.69, 9.17) is 0 Å². The van der Waals surface area contributed by atoms with Crippen molar-refractivity contribution in [1.82, 2.24) is 9.88 Å². The Bertz CT molecular complexity index is 478. The maximum absolute atomic E-state index is 9.23. The average molecular weight is 274 g/mol. The van der Waals surface area contributed by atoms with E-state index in [0.29, 0.717) is 17.6 Å². The Morgan fingerprint density at radius 3 is 2.35 bits per heavy atom. The second-order valence-corrected chi connectivity index (χ2v) is 5.74. The molecule has 0 aliphatic heterocycles. The lowest BCUT2D eigenvalue weighted by atomic mass is 10.1. The third kappa shape index (κ3) is 4.21. The molecule has 0 aliphatic rings. The average Bonchev–Trinajstić information content (AvgIpc) is 2.33.